The molecule has 1 fully saturated rings. The molecular formula is C17H14N2O2S2. The zero-order valence-electron chi connectivity index (χ0n) is 12.3. The van der Waals surface area contributed by atoms with Crippen LogP contribution in [-0.2, 0) is 9.59 Å². The average Bonchev–Trinajstić information content (AvgIpc) is 2.97. The molecule has 0 bridgehead atoms. The molecule has 23 heavy (non-hydrogen) atoms. The van der Waals surface area contributed by atoms with Crippen molar-refractivity contribution in [1.82, 2.24) is 4.90 Å². The molecule has 0 N–H and O–H groups in total. The van der Waals surface area contributed by atoms with Crippen LogP contribution >= 0.6 is 24.0 Å². The molecule has 2 aliphatic rings. The fraction of sp³-hybridized carbons (Fsp3) is 0.118. The molecule has 1 saturated heterocycles. The number of thiocarbonyl (C=S) groups is 1. The Morgan fingerprint density at radius 1 is 1.04 bits per heavy atom. The summed E-state index contributed by atoms with van der Waals surface area (Å²) >= 11 is 6.43. The van der Waals surface area contributed by atoms with Crippen LogP contribution in [0.5, 0.6) is 0 Å². The van der Waals surface area contributed by atoms with Crippen LogP contribution < -0.4 is 4.90 Å². The van der Waals surface area contributed by atoms with Crippen molar-refractivity contribution in [1.29, 1.82) is 0 Å². The molecule has 4 nitrogen and oxygen atoms in total. The van der Waals surface area contributed by atoms with Crippen LogP contribution in [0.4, 0.5) is 5.69 Å². The van der Waals surface area contributed by atoms with Crippen molar-refractivity contribution >= 4 is 51.4 Å². The first-order valence-electron chi connectivity index (χ1n) is 7.01. The number of benzene rings is 1. The molecule has 1 aromatic carbocycles. The summed E-state index contributed by atoms with van der Waals surface area (Å²) in [4.78, 5) is 28.9. The summed E-state index contributed by atoms with van der Waals surface area (Å²) in [5.74, 6) is -0.427. The van der Waals surface area contributed by atoms with E-state index in [1.54, 1.807) is 17.1 Å². The molecule has 2 amide bonds. The molecule has 0 spiro atoms. The van der Waals surface area contributed by atoms with Crippen molar-refractivity contribution in [2.45, 2.75) is 0 Å². The van der Waals surface area contributed by atoms with E-state index < -0.39 is 0 Å². The van der Waals surface area contributed by atoms with Gasteiger partial charge in [-0.05, 0) is 6.07 Å². The molecular weight excluding hydrogens is 328 g/mol. The van der Waals surface area contributed by atoms with Crippen molar-refractivity contribution < 1.29 is 9.59 Å². The van der Waals surface area contributed by atoms with E-state index in [9.17, 15) is 9.59 Å². The van der Waals surface area contributed by atoms with E-state index in [4.69, 9.17) is 12.2 Å². The Hall–Kier alpha value is -2.18. The number of rotatable bonds is 4. The minimum absolute atomic E-state index is 0.190. The van der Waals surface area contributed by atoms with Gasteiger partial charge >= 0.3 is 0 Å². The highest BCUT2D eigenvalue weighted by Crippen LogP contribution is 2.44. The third kappa shape index (κ3) is 2.44. The van der Waals surface area contributed by atoms with Gasteiger partial charge in [-0.3, -0.25) is 14.5 Å². The second-order valence-corrected chi connectivity index (χ2v) is 6.64. The van der Waals surface area contributed by atoms with Crippen LogP contribution in [0.1, 0.15) is 5.56 Å². The minimum Gasteiger partial charge on any atom is -0.304 e. The second-order valence-electron chi connectivity index (χ2n) is 5.00. The minimum atomic E-state index is -0.237. The second kappa shape index (κ2) is 6.14. The quantitative estimate of drug-likeness (QED) is 0.479. The van der Waals surface area contributed by atoms with Gasteiger partial charge in [0, 0.05) is 18.7 Å². The average molecular weight is 342 g/mol. The molecule has 0 aliphatic carbocycles. The third-order valence-electron chi connectivity index (χ3n) is 3.62. The van der Waals surface area contributed by atoms with E-state index in [1.165, 1.54) is 16.7 Å². The fourth-order valence-corrected chi connectivity index (χ4v) is 3.99. The van der Waals surface area contributed by atoms with E-state index in [0.29, 0.717) is 27.9 Å². The maximum atomic E-state index is 12.8. The zero-order chi connectivity index (χ0) is 16.6. The summed E-state index contributed by atoms with van der Waals surface area (Å²) < 4.78 is 0.449. The van der Waals surface area contributed by atoms with Crippen LogP contribution in [0.3, 0.4) is 0 Å². The molecule has 6 heteroatoms. The number of anilines is 1. The molecule has 1 aromatic rings. The van der Waals surface area contributed by atoms with Crippen LogP contribution in [-0.4, -0.2) is 34.1 Å². The molecule has 0 atom stereocenters. The lowest BCUT2D eigenvalue weighted by molar-refractivity contribution is -0.122. The Morgan fingerprint density at radius 2 is 1.70 bits per heavy atom. The Kier molecular flexibility index (Phi) is 4.19. The largest absolute Gasteiger partial charge is 0.304 e. The first-order chi connectivity index (χ1) is 11.1. The zero-order valence-corrected chi connectivity index (χ0v) is 14.0. The van der Waals surface area contributed by atoms with Gasteiger partial charge in [0.2, 0.25) is 0 Å². The number of para-hydroxylation sites is 1. The van der Waals surface area contributed by atoms with E-state index in [-0.39, 0.29) is 11.8 Å². The lowest BCUT2D eigenvalue weighted by Crippen LogP contribution is -2.29. The molecule has 116 valence electrons. The summed E-state index contributed by atoms with van der Waals surface area (Å²) in [6, 6.07) is 7.45. The Bertz CT molecular complexity index is 783. The van der Waals surface area contributed by atoms with Crippen LogP contribution in [0.25, 0.3) is 5.57 Å². The summed E-state index contributed by atoms with van der Waals surface area (Å²) in [5.41, 5.74) is 1.98. The number of thioether (sulfide) groups is 1. The predicted octanol–water partition coefficient (Wildman–Crippen LogP) is 2.98. The summed E-state index contributed by atoms with van der Waals surface area (Å²) in [6.45, 7) is 8.07. The van der Waals surface area contributed by atoms with Gasteiger partial charge in [0.1, 0.15) is 4.32 Å². The molecule has 0 unspecified atom stereocenters. The monoisotopic (exact) mass is 342 g/mol. The van der Waals surface area contributed by atoms with Crippen LogP contribution in [0.15, 0.2) is 54.5 Å². The topological polar surface area (TPSA) is 40.6 Å². The lowest BCUT2D eigenvalue weighted by Gasteiger charge is -2.14. The Balaban J connectivity index is 2.14. The van der Waals surface area contributed by atoms with E-state index in [1.807, 2.05) is 24.3 Å². The maximum Gasteiger partial charge on any atom is 0.267 e. The van der Waals surface area contributed by atoms with Gasteiger partial charge in [0.05, 0.1) is 16.2 Å². The molecule has 3 rings (SSSR count). The molecule has 0 radical (unpaired) electrons. The smallest absolute Gasteiger partial charge is 0.267 e. The number of carbonyl (C=O) groups excluding carboxylic acids is 2. The standard InChI is InChI=1S/C17H14N2O2S2/c1-3-9-18-12-8-6-5-7-11(12)13(15(18)20)14-16(21)19(10-4-2)17(22)23-14/h3-8H,1-2,9-10H2. The molecule has 0 saturated carbocycles. The number of amides is 2. The molecule has 0 aromatic heterocycles. The summed E-state index contributed by atoms with van der Waals surface area (Å²) in [6.07, 6.45) is 3.29. The van der Waals surface area contributed by atoms with Crippen molar-refractivity contribution in [3.8, 4) is 0 Å². The number of nitrogens with zero attached hydrogens (tertiary/aromatic N) is 2. The van der Waals surface area contributed by atoms with Crippen molar-refractivity contribution in [3.05, 3.63) is 60.0 Å². The number of carbonyl (C=O) groups is 2. The molecule has 2 aliphatic heterocycles. The Morgan fingerprint density at radius 3 is 2.39 bits per heavy atom. The van der Waals surface area contributed by atoms with Crippen LogP contribution in [0, 0.1) is 0 Å². The highest BCUT2D eigenvalue weighted by molar-refractivity contribution is 8.26. The third-order valence-corrected chi connectivity index (χ3v) is 5.07. The number of fused-ring (bicyclic) bond motifs is 1. The fourth-order valence-electron chi connectivity index (χ4n) is 2.65. The highest BCUT2D eigenvalue weighted by atomic mass is 32.2. The van der Waals surface area contributed by atoms with Gasteiger partial charge in [0.25, 0.3) is 11.8 Å². The van der Waals surface area contributed by atoms with Crippen molar-refractivity contribution in [2.75, 3.05) is 18.0 Å². The SMILES string of the molecule is C=CCN1C(=O)C(=C2C(=O)N(CC=C)c3ccccc32)SC1=S. The molecule has 2 heterocycles. The van der Waals surface area contributed by atoms with Crippen molar-refractivity contribution in [3.63, 3.8) is 0 Å². The number of hydrogen-bond donors (Lipinski definition) is 0. The number of hydrogen-bond acceptors (Lipinski definition) is 4. The van der Waals surface area contributed by atoms with E-state index in [2.05, 4.69) is 13.2 Å². The van der Waals surface area contributed by atoms with Crippen LogP contribution in [0.2, 0.25) is 0 Å². The normalized spacial score (nSPS) is 20.3. The van der Waals surface area contributed by atoms with Crippen molar-refractivity contribution in [2.24, 2.45) is 0 Å². The van der Waals surface area contributed by atoms with Gasteiger partial charge in [0.15, 0.2) is 0 Å². The van der Waals surface area contributed by atoms with Gasteiger partial charge < -0.3 is 4.90 Å². The Labute approximate surface area is 144 Å². The first-order valence-corrected chi connectivity index (χ1v) is 8.23. The van der Waals surface area contributed by atoms with Gasteiger partial charge in [-0.15, -0.1) is 13.2 Å². The predicted molar refractivity (Wildman–Crippen MR) is 98.0 cm³/mol. The summed E-state index contributed by atoms with van der Waals surface area (Å²) in [7, 11) is 0. The van der Waals surface area contributed by atoms with Gasteiger partial charge in [-0.25, -0.2) is 0 Å². The summed E-state index contributed by atoms with van der Waals surface area (Å²) in [5, 5.41) is 0. The van der Waals surface area contributed by atoms with E-state index in [0.717, 1.165) is 11.3 Å². The van der Waals surface area contributed by atoms with Gasteiger partial charge in [-0.2, -0.15) is 0 Å². The van der Waals surface area contributed by atoms with E-state index >= 15 is 0 Å². The lowest BCUT2D eigenvalue weighted by atomic mass is 10.1. The van der Waals surface area contributed by atoms with Gasteiger partial charge in [-0.1, -0.05) is 54.3 Å². The highest BCUT2D eigenvalue weighted by Gasteiger charge is 2.41. The first kappa shape index (κ1) is 15.7. The maximum absolute atomic E-state index is 12.8.